The molecule has 1 N–H and O–H groups in total. The van der Waals surface area contributed by atoms with E-state index in [9.17, 15) is 9.59 Å². The van der Waals surface area contributed by atoms with Gasteiger partial charge in [-0.05, 0) is 36.2 Å². The highest BCUT2D eigenvalue weighted by atomic mass is 35.5. The molecule has 8 nitrogen and oxygen atoms in total. The van der Waals surface area contributed by atoms with Gasteiger partial charge in [0, 0.05) is 34.1 Å². The molecule has 3 heterocycles. The Morgan fingerprint density at radius 3 is 2.56 bits per heavy atom. The van der Waals surface area contributed by atoms with Crippen LogP contribution < -0.4 is 5.32 Å². The summed E-state index contributed by atoms with van der Waals surface area (Å²) in [6.07, 6.45) is 0. The van der Waals surface area contributed by atoms with Crippen molar-refractivity contribution in [2.75, 3.05) is 25.1 Å². The van der Waals surface area contributed by atoms with Crippen LogP contribution in [0, 0.1) is 5.92 Å². The number of hydrogen-bond acceptors (Lipinski definition) is 6. The summed E-state index contributed by atoms with van der Waals surface area (Å²) in [6.45, 7) is 5.35. The number of para-hydroxylation sites is 1. The summed E-state index contributed by atoms with van der Waals surface area (Å²) in [7, 11) is 0. The first kappa shape index (κ1) is 22.8. The van der Waals surface area contributed by atoms with Crippen LogP contribution in [-0.2, 0) is 11.3 Å². The SMILES string of the molecule is CC(C)C1Nc2nc(nc3ccccc23)CN2CCN(C(=O)c3cc(Cl)cc(Cl)c3)CN2C1=O. The van der Waals surface area contributed by atoms with Gasteiger partial charge in [-0.15, -0.1) is 0 Å². The van der Waals surface area contributed by atoms with Crippen LogP contribution in [0.4, 0.5) is 5.82 Å². The molecule has 0 saturated carbocycles. The van der Waals surface area contributed by atoms with Gasteiger partial charge in [-0.25, -0.2) is 15.0 Å². The Kier molecular flexibility index (Phi) is 6.06. The number of hydrazine groups is 1. The van der Waals surface area contributed by atoms with Crippen molar-refractivity contribution in [3.05, 3.63) is 63.9 Å². The maximum atomic E-state index is 13.8. The Bertz CT molecular complexity index is 1260. The van der Waals surface area contributed by atoms with E-state index in [-0.39, 0.29) is 24.4 Å². The first-order valence-corrected chi connectivity index (χ1v) is 11.9. The second-order valence-electron chi connectivity index (χ2n) is 8.87. The van der Waals surface area contributed by atoms with E-state index in [0.717, 1.165) is 10.9 Å². The number of nitrogens with one attached hydrogen (secondary N) is 1. The molecule has 34 heavy (non-hydrogen) atoms. The van der Waals surface area contributed by atoms with Crippen LogP contribution in [0.2, 0.25) is 10.0 Å². The molecule has 2 aliphatic rings. The molecule has 3 aromatic rings. The zero-order valence-electron chi connectivity index (χ0n) is 18.8. The molecule has 2 bridgehead atoms. The molecule has 1 fully saturated rings. The van der Waals surface area contributed by atoms with Crippen LogP contribution in [0.5, 0.6) is 0 Å². The molecule has 1 aromatic heterocycles. The fourth-order valence-electron chi connectivity index (χ4n) is 4.37. The molecule has 1 atom stereocenters. The van der Waals surface area contributed by atoms with E-state index in [4.69, 9.17) is 33.2 Å². The normalized spacial score (nSPS) is 18.9. The Balaban J connectivity index is 1.49. The van der Waals surface area contributed by atoms with Crippen molar-refractivity contribution in [3.63, 3.8) is 0 Å². The number of amides is 2. The highest BCUT2D eigenvalue weighted by Crippen LogP contribution is 2.27. The number of aromatic nitrogens is 2. The third-order valence-corrected chi connectivity index (χ3v) is 6.56. The predicted molar refractivity (Wildman–Crippen MR) is 131 cm³/mol. The molecule has 1 unspecified atom stereocenters. The average Bonchev–Trinajstić information content (AvgIpc) is 2.84. The molecule has 176 valence electrons. The van der Waals surface area contributed by atoms with E-state index in [1.807, 2.05) is 43.1 Å². The number of halogens is 2. The fourth-order valence-corrected chi connectivity index (χ4v) is 4.89. The third-order valence-electron chi connectivity index (χ3n) is 6.12. The van der Waals surface area contributed by atoms with Gasteiger partial charge in [0.15, 0.2) is 0 Å². The lowest BCUT2D eigenvalue weighted by molar-refractivity contribution is -0.164. The monoisotopic (exact) mass is 498 g/mol. The van der Waals surface area contributed by atoms with Crippen LogP contribution in [0.25, 0.3) is 10.9 Å². The van der Waals surface area contributed by atoms with Crippen LogP contribution >= 0.6 is 23.2 Å². The van der Waals surface area contributed by atoms with Gasteiger partial charge in [0.2, 0.25) is 0 Å². The number of anilines is 1. The van der Waals surface area contributed by atoms with Gasteiger partial charge in [0.05, 0.1) is 12.1 Å². The lowest BCUT2D eigenvalue weighted by atomic mass is 10.0. The summed E-state index contributed by atoms with van der Waals surface area (Å²) < 4.78 is 0. The molecule has 2 aromatic carbocycles. The molecule has 1 saturated heterocycles. The second-order valence-corrected chi connectivity index (χ2v) is 9.74. The summed E-state index contributed by atoms with van der Waals surface area (Å²) >= 11 is 12.2. The maximum absolute atomic E-state index is 13.8. The van der Waals surface area contributed by atoms with Crippen LogP contribution in [0.3, 0.4) is 0 Å². The van der Waals surface area contributed by atoms with Crippen molar-refractivity contribution >= 4 is 51.7 Å². The van der Waals surface area contributed by atoms with Crippen molar-refractivity contribution < 1.29 is 9.59 Å². The Morgan fingerprint density at radius 2 is 1.82 bits per heavy atom. The molecule has 0 aliphatic carbocycles. The zero-order valence-corrected chi connectivity index (χ0v) is 20.3. The predicted octanol–water partition coefficient (Wildman–Crippen LogP) is 4.05. The molecule has 2 amide bonds. The van der Waals surface area contributed by atoms with E-state index in [2.05, 4.69) is 5.32 Å². The largest absolute Gasteiger partial charge is 0.358 e. The number of hydrogen-bond donors (Lipinski definition) is 1. The van der Waals surface area contributed by atoms with E-state index in [1.54, 1.807) is 28.1 Å². The summed E-state index contributed by atoms with van der Waals surface area (Å²) in [5, 5.41) is 8.58. The molecular weight excluding hydrogens is 475 g/mol. The van der Waals surface area contributed by atoms with Gasteiger partial charge in [-0.2, -0.15) is 0 Å². The molecule has 10 heteroatoms. The van der Waals surface area contributed by atoms with Gasteiger partial charge in [0.25, 0.3) is 11.8 Å². The standard InChI is InChI=1S/C24H24Cl2N6O2/c1-14(2)21-24(34)32-13-30(23(33)15-9-16(25)11-17(26)10-15)7-8-31(32)12-20-27-19-6-4-3-5-18(19)22(28-20)29-21/h3-6,9-11,14,21H,7-8,12-13H2,1-2H3,(H,27,28,29). The van der Waals surface area contributed by atoms with E-state index >= 15 is 0 Å². The molecular formula is C24H24Cl2N6O2. The van der Waals surface area contributed by atoms with E-state index < -0.39 is 6.04 Å². The van der Waals surface area contributed by atoms with Crippen LogP contribution in [0.15, 0.2) is 42.5 Å². The number of benzene rings is 2. The second kappa shape index (κ2) is 9.02. The summed E-state index contributed by atoms with van der Waals surface area (Å²) in [6, 6.07) is 12.0. The van der Waals surface area contributed by atoms with Crippen molar-refractivity contribution in [2.24, 2.45) is 5.92 Å². The van der Waals surface area contributed by atoms with Gasteiger partial charge >= 0.3 is 0 Å². The van der Waals surface area contributed by atoms with Crippen molar-refractivity contribution in [1.82, 2.24) is 24.9 Å². The molecule has 2 aliphatic heterocycles. The first-order valence-electron chi connectivity index (χ1n) is 11.1. The Hall–Kier alpha value is -2.94. The smallest absolute Gasteiger partial charge is 0.261 e. The highest BCUT2D eigenvalue weighted by Gasteiger charge is 2.38. The number of fused-ring (bicyclic) bond motifs is 5. The Morgan fingerprint density at radius 1 is 1.09 bits per heavy atom. The lowest BCUT2D eigenvalue weighted by Crippen LogP contribution is -2.62. The minimum Gasteiger partial charge on any atom is -0.358 e. The number of carbonyl (C=O) groups excluding carboxylic acids is 2. The first-order chi connectivity index (χ1) is 16.3. The lowest BCUT2D eigenvalue weighted by Gasteiger charge is -2.44. The third kappa shape index (κ3) is 4.29. The fraction of sp³-hybridized carbons (Fsp3) is 0.333. The van der Waals surface area contributed by atoms with Gasteiger partial charge < -0.3 is 10.2 Å². The quantitative estimate of drug-likeness (QED) is 0.573. The van der Waals surface area contributed by atoms with Crippen molar-refractivity contribution in [2.45, 2.75) is 26.4 Å². The van der Waals surface area contributed by atoms with Crippen LogP contribution in [0.1, 0.15) is 30.0 Å². The van der Waals surface area contributed by atoms with Crippen molar-refractivity contribution in [3.8, 4) is 0 Å². The van der Waals surface area contributed by atoms with Gasteiger partial charge in [0.1, 0.15) is 24.4 Å². The minimum atomic E-state index is -0.526. The Labute approximate surface area is 207 Å². The highest BCUT2D eigenvalue weighted by molar-refractivity contribution is 6.35. The summed E-state index contributed by atoms with van der Waals surface area (Å²) in [5.74, 6) is 0.903. The average molecular weight is 499 g/mol. The maximum Gasteiger partial charge on any atom is 0.261 e. The van der Waals surface area contributed by atoms with Crippen LogP contribution in [-0.4, -0.2) is 62.5 Å². The minimum absolute atomic E-state index is 0.0116. The van der Waals surface area contributed by atoms with E-state index in [0.29, 0.717) is 46.9 Å². The topological polar surface area (TPSA) is 81.7 Å². The summed E-state index contributed by atoms with van der Waals surface area (Å²) in [4.78, 5) is 38.1. The zero-order chi connectivity index (χ0) is 24.0. The number of rotatable bonds is 2. The van der Waals surface area contributed by atoms with Gasteiger partial charge in [-0.1, -0.05) is 49.2 Å². The number of nitrogens with zero attached hydrogens (tertiary/aromatic N) is 5. The summed E-state index contributed by atoms with van der Waals surface area (Å²) in [5.41, 5.74) is 1.22. The number of carbonyl (C=O) groups is 2. The van der Waals surface area contributed by atoms with E-state index in [1.165, 1.54) is 0 Å². The molecule has 0 radical (unpaired) electrons. The molecule has 5 rings (SSSR count). The molecule has 0 spiro atoms. The van der Waals surface area contributed by atoms with Crippen molar-refractivity contribution in [1.29, 1.82) is 0 Å². The van der Waals surface area contributed by atoms with Gasteiger partial charge in [-0.3, -0.25) is 14.6 Å².